The Morgan fingerprint density at radius 1 is 0.980 bits per heavy atom. The number of ether oxygens (including phenoxy) is 1. The Hall–Kier alpha value is -2.34. The van der Waals surface area contributed by atoms with Crippen molar-refractivity contribution in [3.8, 4) is 5.75 Å². The van der Waals surface area contributed by atoms with Crippen LogP contribution < -0.4 is 15.9 Å². The summed E-state index contributed by atoms with van der Waals surface area (Å²) in [4.78, 5) is 72.3. The number of nitrogens with zero attached hydrogens (tertiary/aromatic N) is 3. The van der Waals surface area contributed by atoms with Gasteiger partial charge in [-0.15, -0.1) is 0 Å². The number of nitrogens with two attached hydrogens (primary N) is 1. The zero-order valence-corrected chi connectivity index (χ0v) is 30.5. The number of carbonyl (C=O) groups excluding carboxylic acids is 1. The molecule has 3 aliphatic rings. The van der Waals surface area contributed by atoms with Gasteiger partial charge in [-0.1, -0.05) is 37.0 Å². The number of rotatable bonds is 12. The van der Waals surface area contributed by atoms with Crippen LogP contribution in [0.3, 0.4) is 0 Å². The molecule has 2 aromatic rings. The maximum Gasteiger partial charge on any atom is 0.536 e. The number of aliphatic imine (C=N–C) groups is 1. The fraction of sp³-hybridized carbons (Fsp3) is 0.333. The Kier molecular flexibility index (Phi) is 10.8. The van der Waals surface area contributed by atoms with Crippen LogP contribution in [0, 0.1) is 0 Å². The van der Waals surface area contributed by atoms with Crippen LogP contribution >= 0.6 is 54.5 Å². The third kappa shape index (κ3) is 8.81. The topological polar surface area (TPSA) is 295 Å². The van der Waals surface area contributed by atoms with Gasteiger partial charge >= 0.3 is 37.0 Å². The number of benzene rings is 1. The van der Waals surface area contributed by atoms with Gasteiger partial charge in [0.2, 0.25) is 5.78 Å². The lowest BCUT2D eigenvalue weighted by Gasteiger charge is -2.36. The highest BCUT2D eigenvalue weighted by molar-refractivity contribution is 7.69. The molecule has 26 heteroatoms. The molecule has 2 aliphatic heterocycles. The van der Waals surface area contributed by atoms with Gasteiger partial charge in [-0.25, -0.2) is 28.0 Å². The number of phosphoric acid groups is 4. The van der Waals surface area contributed by atoms with Crippen molar-refractivity contribution in [1.29, 1.82) is 0 Å². The van der Waals surface area contributed by atoms with Gasteiger partial charge in [0.05, 0.1) is 34.2 Å². The quantitative estimate of drug-likeness (QED) is 0.144. The van der Waals surface area contributed by atoms with Crippen LogP contribution in [-0.4, -0.2) is 53.3 Å². The minimum atomic E-state index is -6.08. The SMILES string of the molecule is CC1(C)C2=C(Cl)C(=O)C(Cl)=CC2=Nc2ccc(OP(=O)(O)OP(=O)(O)OP(=O)(O)OP(=O)(O)OCC3CCC(n4ccc(N)nc4=O)O3)cc21. The summed E-state index contributed by atoms with van der Waals surface area (Å²) in [5.74, 6) is -1.10. The molecule has 1 fully saturated rings. The smallest absolute Gasteiger partial charge is 0.404 e. The van der Waals surface area contributed by atoms with Gasteiger partial charge in [-0.3, -0.25) is 18.8 Å². The molecular formula is C24H26Cl2N4O16P4. The molecule has 1 aliphatic carbocycles. The molecule has 0 radical (unpaired) electrons. The standard InChI is InChI=1S/C24H26Cl2N4O16P4/c1-24(2)14-9-12(3-5-16(14)28-17-10-15(25)22(31)21(26)20(17)24)43-48(35,36)45-50(39,40)46-49(37,38)44-47(33,34)41-11-13-4-6-19(42-13)30-8-7-18(27)29-23(30)32/h3,5,7-10,13,19H,4,6,11H2,1-2H3,(H,33,34)(H,35,36)(H,37,38)(H,39,40)(H2,27,29,32). The lowest BCUT2D eigenvalue weighted by atomic mass is 9.71. The monoisotopic (exact) mass is 820 g/mol. The van der Waals surface area contributed by atoms with Crippen molar-refractivity contribution in [2.45, 2.75) is 44.4 Å². The second kappa shape index (κ2) is 13.9. The van der Waals surface area contributed by atoms with Crippen molar-refractivity contribution in [2.24, 2.45) is 4.99 Å². The maximum absolute atomic E-state index is 12.7. The van der Waals surface area contributed by atoms with Crippen LogP contribution in [0.15, 0.2) is 62.0 Å². The average molecular weight is 821 g/mol. The Bertz CT molecular complexity index is 2120. The summed E-state index contributed by atoms with van der Waals surface area (Å²) in [6.45, 7) is 2.60. The van der Waals surface area contributed by atoms with Crippen molar-refractivity contribution >= 4 is 77.5 Å². The van der Waals surface area contributed by atoms with Crippen LogP contribution in [-0.2, 0) is 50.7 Å². The van der Waals surface area contributed by atoms with Gasteiger partial charge in [-0.2, -0.15) is 17.9 Å². The maximum atomic E-state index is 12.7. The molecule has 1 saturated heterocycles. The number of aromatic nitrogens is 2. The zero-order valence-electron chi connectivity index (χ0n) is 25.4. The first-order chi connectivity index (χ1) is 23.0. The van der Waals surface area contributed by atoms with Gasteiger partial charge in [0.15, 0.2) is 0 Å². The molecule has 5 rings (SSSR count). The number of hydrogen-bond acceptors (Lipinski definition) is 15. The number of carbonyl (C=O) groups is 1. The third-order valence-corrected chi connectivity index (χ3v) is 13.7. The molecule has 6 unspecified atom stereocenters. The second-order valence-electron chi connectivity index (χ2n) is 11.1. The van der Waals surface area contributed by atoms with Crippen LogP contribution in [0.5, 0.6) is 5.75 Å². The summed E-state index contributed by atoms with van der Waals surface area (Å²) in [5.41, 5.74) is 4.94. The number of hydrogen-bond donors (Lipinski definition) is 5. The second-order valence-corrected chi connectivity index (χ2v) is 18.1. The average Bonchev–Trinajstić information content (AvgIpc) is 3.42. The normalized spacial score (nSPS) is 24.8. The Labute approximate surface area is 291 Å². The lowest BCUT2D eigenvalue weighted by molar-refractivity contribution is -0.111. The molecule has 0 amide bonds. The molecule has 0 spiro atoms. The third-order valence-electron chi connectivity index (χ3n) is 7.17. The summed E-state index contributed by atoms with van der Waals surface area (Å²) in [6.07, 6.45) is 1.33. The predicted molar refractivity (Wildman–Crippen MR) is 174 cm³/mol. The van der Waals surface area contributed by atoms with Crippen molar-refractivity contribution in [3.05, 3.63) is 68.2 Å². The Morgan fingerprint density at radius 2 is 1.62 bits per heavy atom. The van der Waals surface area contributed by atoms with Crippen molar-refractivity contribution in [1.82, 2.24) is 9.55 Å². The van der Waals surface area contributed by atoms with Crippen molar-refractivity contribution < 1.29 is 69.3 Å². The number of nitrogen functional groups attached to an aromatic ring is 1. The van der Waals surface area contributed by atoms with Crippen LogP contribution in [0.25, 0.3) is 0 Å². The molecule has 1 aromatic carbocycles. The number of ketones is 1. The number of fused-ring (bicyclic) bond motifs is 2. The van der Waals surface area contributed by atoms with E-state index in [0.717, 1.165) is 10.6 Å². The molecule has 3 heterocycles. The van der Waals surface area contributed by atoms with Gasteiger partial charge in [0.1, 0.15) is 17.8 Å². The van der Waals surface area contributed by atoms with E-state index in [9.17, 15) is 47.4 Å². The summed E-state index contributed by atoms with van der Waals surface area (Å²) >= 11 is 12.2. The molecule has 6 atom stereocenters. The van der Waals surface area contributed by atoms with Crippen LogP contribution in [0.1, 0.15) is 38.5 Å². The van der Waals surface area contributed by atoms with Gasteiger partial charge in [0.25, 0.3) is 0 Å². The fourth-order valence-corrected chi connectivity index (χ4v) is 10.8. The summed E-state index contributed by atoms with van der Waals surface area (Å²) in [6, 6.07) is 5.02. The van der Waals surface area contributed by atoms with E-state index in [1.54, 1.807) is 13.8 Å². The largest absolute Gasteiger partial charge is 0.536 e. The summed E-state index contributed by atoms with van der Waals surface area (Å²) in [7, 11) is -23.3. The number of Topliss-reactive ketones (excluding diaryl/α,β-unsaturated/α-hetero) is 1. The predicted octanol–water partition coefficient (Wildman–Crippen LogP) is 4.61. The molecule has 272 valence electrons. The van der Waals surface area contributed by atoms with Gasteiger partial charge < -0.3 is 29.7 Å². The molecule has 0 saturated carbocycles. The summed E-state index contributed by atoms with van der Waals surface area (Å²) in [5, 5.41) is -0.356. The van der Waals surface area contributed by atoms with Crippen LogP contribution in [0.4, 0.5) is 11.5 Å². The molecule has 0 bridgehead atoms. The number of halogens is 2. The lowest BCUT2D eigenvalue weighted by Crippen LogP contribution is -2.32. The minimum Gasteiger partial charge on any atom is -0.404 e. The molecular weight excluding hydrogens is 795 g/mol. The number of allylic oxidation sites excluding steroid dienone is 4. The van der Waals surface area contributed by atoms with Crippen LogP contribution in [0.2, 0.25) is 0 Å². The first kappa shape index (κ1) is 38.9. The van der Waals surface area contributed by atoms with Gasteiger partial charge in [-0.05, 0) is 48.7 Å². The van der Waals surface area contributed by atoms with E-state index in [-0.39, 0.29) is 28.7 Å². The van der Waals surface area contributed by atoms with E-state index in [4.69, 9.17) is 38.2 Å². The van der Waals surface area contributed by atoms with E-state index in [1.165, 1.54) is 30.5 Å². The Morgan fingerprint density at radius 3 is 2.28 bits per heavy atom. The minimum absolute atomic E-state index is 0.0218. The molecule has 20 nitrogen and oxygen atoms in total. The summed E-state index contributed by atoms with van der Waals surface area (Å²) < 4.78 is 77.9. The van der Waals surface area contributed by atoms with E-state index in [0.29, 0.717) is 22.5 Å². The van der Waals surface area contributed by atoms with Crippen molar-refractivity contribution in [2.75, 3.05) is 12.3 Å². The van der Waals surface area contributed by atoms with Gasteiger partial charge in [0, 0.05) is 17.2 Å². The molecule has 1 aromatic heterocycles. The highest BCUT2D eigenvalue weighted by Crippen LogP contribution is 2.71. The number of anilines is 1. The highest BCUT2D eigenvalue weighted by atomic mass is 35.5. The van der Waals surface area contributed by atoms with E-state index in [2.05, 4.69) is 27.4 Å². The van der Waals surface area contributed by atoms with Crippen molar-refractivity contribution in [3.63, 3.8) is 0 Å². The Balaban J connectivity index is 1.20. The van der Waals surface area contributed by atoms with E-state index in [1.807, 2.05) is 0 Å². The first-order valence-corrected chi connectivity index (χ1v) is 20.6. The fourth-order valence-electron chi connectivity index (χ4n) is 5.14. The zero-order chi connectivity index (χ0) is 37.0. The highest BCUT2D eigenvalue weighted by Gasteiger charge is 2.47. The first-order valence-electron chi connectivity index (χ1n) is 13.8. The molecule has 6 N–H and O–H groups in total. The molecule has 50 heavy (non-hydrogen) atoms. The van der Waals surface area contributed by atoms with E-state index >= 15 is 0 Å². The van der Waals surface area contributed by atoms with E-state index < -0.39 is 72.9 Å². The number of phosphoric ester groups is 2.